The fourth-order valence-electron chi connectivity index (χ4n) is 2.80. The molecule has 8 nitrogen and oxygen atoms in total. The molecule has 0 aliphatic carbocycles. The molecule has 0 radical (unpaired) electrons. The van der Waals surface area contributed by atoms with Crippen LogP contribution in [0.4, 0.5) is 5.00 Å². The van der Waals surface area contributed by atoms with E-state index in [0.717, 1.165) is 15.8 Å². The molecule has 3 rings (SSSR count). The number of hydrogen-bond acceptors (Lipinski definition) is 7. The second kappa shape index (κ2) is 10.5. The summed E-state index contributed by atoms with van der Waals surface area (Å²) in [5.74, 6) is -0.812. The van der Waals surface area contributed by atoms with Crippen LogP contribution in [0, 0.1) is 6.92 Å². The normalized spacial score (nSPS) is 10.6. The summed E-state index contributed by atoms with van der Waals surface area (Å²) in [6.45, 7) is 3.78. The molecule has 32 heavy (non-hydrogen) atoms. The van der Waals surface area contributed by atoms with Crippen LogP contribution in [0.2, 0.25) is 0 Å². The molecule has 3 N–H and O–H groups in total. The quantitative estimate of drug-likeness (QED) is 0.386. The average Bonchev–Trinajstić information content (AvgIpc) is 3.36. The van der Waals surface area contributed by atoms with E-state index >= 15 is 0 Å². The van der Waals surface area contributed by atoms with Crippen molar-refractivity contribution in [1.82, 2.24) is 0 Å². The number of esters is 1. The molecule has 2 aromatic heterocycles. The van der Waals surface area contributed by atoms with Gasteiger partial charge in [0, 0.05) is 0 Å². The molecule has 0 bridgehead atoms. The minimum absolute atomic E-state index is 0.0234. The number of amides is 2. The summed E-state index contributed by atoms with van der Waals surface area (Å²) >= 11 is 4.31. The van der Waals surface area contributed by atoms with Gasteiger partial charge in [-0.3, -0.25) is 9.59 Å². The van der Waals surface area contributed by atoms with E-state index in [1.165, 1.54) is 6.07 Å². The summed E-state index contributed by atoms with van der Waals surface area (Å²) in [5, 5.41) is 2.80. The van der Waals surface area contributed by atoms with Gasteiger partial charge in [0.25, 0.3) is 11.8 Å². The van der Waals surface area contributed by atoms with Crippen molar-refractivity contribution in [2.45, 2.75) is 26.9 Å². The van der Waals surface area contributed by atoms with Crippen LogP contribution in [0.3, 0.4) is 0 Å². The van der Waals surface area contributed by atoms with Crippen LogP contribution in [0.1, 0.15) is 55.3 Å². The molecule has 3 aromatic rings. The largest absolute Gasteiger partial charge is 0.484 e. The molecule has 2 heterocycles. The van der Waals surface area contributed by atoms with Gasteiger partial charge in [-0.15, -0.1) is 11.3 Å². The van der Waals surface area contributed by atoms with E-state index in [1.54, 1.807) is 19.1 Å². The van der Waals surface area contributed by atoms with Gasteiger partial charge >= 0.3 is 5.97 Å². The highest BCUT2D eigenvalue weighted by atomic mass is 79.9. The number of ether oxygens (including phenoxy) is 2. The number of rotatable bonds is 9. The Morgan fingerprint density at radius 3 is 2.62 bits per heavy atom. The van der Waals surface area contributed by atoms with Crippen molar-refractivity contribution in [1.29, 1.82) is 0 Å². The van der Waals surface area contributed by atoms with Gasteiger partial charge < -0.3 is 24.9 Å². The van der Waals surface area contributed by atoms with E-state index in [2.05, 4.69) is 21.2 Å². The molecule has 0 unspecified atom stereocenters. The van der Waals surface area contributed by atoms with Crippen molar-refractivity contribution >= 4 is 50.1 Å². The third kappa shape index (κ3) is 5.38. The zero-order valence-electron chi connectivity index (χ0n) is 17.4. The first kappa shape index (κ1) is 23.6. The molecule has 10 heteroatoms. The van der Waals surface area contributed by atoms with E-state index in [-0.39, 0.29) is 34.4 Å². The molecule has 1 aromatic carbocycles. The Balaban J connectivity index is 1.75. The van der Waals surface area contributed by atoms with Gasteiger partial charge in [-0.25, -0.2) is 4.79 Å². The first-order valence-corrected chi connectivity index (χ1v) is 11.3. The van der Waals surface area contributed by atoms with Gasteiger partial charge in [-0.1, -0.05) is 19.1 Å². The molecule has 0 saturated heterocycles. The van der Waals surface area contributed by atoms with E-state index in [0.29, 0.717) is 23.5 Å². The third-order valence-electron chi connectivity index (χ3n) is 4.33. The molecular formula is C22H21BrN2O6S. The number of para-hydroxylation sites is 1. The predicted octanol–water partition coefficient (Wildman–Crippen LogP) is 4.91. The average molecular weight is 521 g/mol. The number of benzene rings is 1. The van der Waals surface area contributed by atoms with Gasteiger partial charge in [0.1, 0.15) is 23.1 Å². The highest BCUT2D eigenvalue weighted by Gasteiger charge is 2.26. The summed E-state index contributed by atoms with van der Waals surface area (Å²) in [7, 11) is 0. The van der Waals surface area contributed by atoms with Crippen molar-refractivity contribution in [3.8, 4) is 5.75 Å². The molecule has 168 valence electrons. The van der Waals surface area contributed by atoms with Crippen molar-refractivity contribution < 1.29 is 28.3 Å². The van der Waals surface area contributed by atoms with E-state index in [1.807, 2.05) is 25.1 Å². The molecule has 0 saturated carbocycles. The number of nitrogens with one attached hydrogen (secondary N) is 1. The van der Waals surface area contributed by atoms with Crippen LogP contribution < -0.4 is 15.8 Å². The van der Waals surface area contributed by atoms with Crippen LogP contribution in [0.25, 0.3) is 0 Å². The summed E-state index contributed by atoms with van der Waals surface area (Å²) in [6, 6.07) is 10.5. The number of halogens is 1. The first-order valence-electron chi connectivity index (χ1n) is 9.69. The lowest BCUT2D eigenvalue weighted by Gasteiger charge is -2.07. The minimum Gasteiger partial charge on any atom is -0.484 e. The summed E-state index contributed by atoms with van der Waals surface area (Å²) < 4.78 is 17.2. The van der Waals surface area contributed by atoms with Crippen LogP contribution in [0.5, 0.6) is 5.75 Å². The fourth-order valence-corrected chi connectivity index (χ4v) is 4.24. The second-order valence-corrected chi connectivity index (χ2v) is 8.57. The maximum absolute atomic E-state index is 12.7. The van der Waals surface area contributed by atoms with E-state index < -0.39 is 17.8 Å². The number of thiophene rings is 1. The number of furan rings is 1. The van der Waals surface area contributed by atoms with Crippen LogP contribution >= 0.6 is 27.3 Å². The van der Waals surface area contributed by atoms with E-state index in [4.69, 9.17) is 19.6 Å². The summed E-state index contributed by atoms with van der Waals surface area (Å²) in [6.07, 6.45) is 0.635. The lowest BCUT2D eigenvalue weighted by molar-refractivity contribution is 0.0506. The third-order valence-corrected chi connectivity index (χ3v) is 6.21. The van der Waals surface area contributed by atoms with Crippen molar-refractivity contribution in [2.24, 2.45) is 5.73 Å². The Hall–Kier alpha value is -3.11. The molecular weight excluding hydrogens is 500 g/mol. The van der Waals surface area contributed by atoms with Crippen molar-refractivity contribution in [3.63, 3.8) is 0 Å². The Bertz CT molecular complexity index is 1150. The zero-order valence-corrected chi connectivity index (χ0v) is 19.8. The topological polar surface area (TPSA) is 121 Å². The second-order valence-electron chi connectivity index (χ2n) is 6.70. The first-order chi connectivity index (χ1) is 15.3. The molecule has 0 spiro atoms. The summed E-state index contributed by atoms with van der Waals surface area (Å²) in [4.78, 5) is 37.1. The smallest absolute Gasteiger partial charge is 0.341 e. The maximum atomic E-state index is 12.7. The zero-order chi connectivity index (χ0) is 23.3. The number of hydrogen-bond donors (Lipinski definition) is 2. The number of carbonyl (C=O) groups is 3. The summed E-state index contributed by atoms with van der Waals surface area (Å²) in [5.41, 5.74) is 5.87. The van der Waals surface area contributed by atoms with E-state index in [9.17, 15) is 14.4 Å². The molecule has 0 fully saturated rings. The van der Waals surface area contributed by atoms with Gasteiger partial charge in [-0.2, -0.15) is 0 Å². The molecule has 0 aliphatic heterocycles. The van der Waals surface area contributed by atoms with Gasteiger partial charge in [0.15, 0.2) is 5.76 Å². The highest BCUT2D eigenvalue weighted by Crippen LogP contribution is 2.34. The lowest BCUT2D eigenvalue weighted by atomic mass is 10.1. The van der Waals surface area contributed by atoms with Crippen LogP contribution in [-0.2, 0) is 11.3 Å². The minimum atomic E-state index is -0.693. The fraction of sp³-hybridized carbons (Fsp3) is 0.227. The van der Waals surface area contributed by atoms with Crippen molar-refractivity contribution in [3.05, 3.63) is 68.4 Å². The number of nitrogens with two attached hydrogens (primary N) is 1. The Morgan fingerprint density at radius 2 is 1.94 bits per heavy atom. The Kier molecular flexibility index (Phi) is 7.70. The van der Waals surface area contributed by atoms with Gasteiger partial charge in [0.2, 0.25) is 0 Å². The maximum Gasteiger partial charge on any atom is 0.341 e. The number of primary amides is 1. The molecule has 2 amide bonds. The monoisotopic (exact) mass is 520 g/mol. The number of anilines is 1. The van der Waals surface area contributed by atoms with Crippen LogP contribution in [-0.4, -0.2) is 24.4 Å². The van der Waals surface area contributed by atoms with Gasteiger partial charge in [0.05, 0.1) is 21.5 Å². The molecule has 0 atom stereocenters. The SMILES string of the molecule is CCCOC(=O)c1c(NC(=O)c2ccc(COc3ccccc3Br)o2)sc(C(N)=O)c1C. The Morgan fingerprint density at radius 1 is 1.19 bits per heavy atom. The lowest BCUT2D eigenvalue weighted by Crippen LogP contribution is -2.15. The van der Waals surface area contributed by atoms with Gasteiger partial charge in [-0.05, 0) is 59.1 Å². The highest BCUT2D eigenvalue weighted by molar-refractivity contribution is 9.10. The predicted molar refractivity (Wildman–Crippen MR) is 123 cm³/mol. The van der Waals surface area contributed by atoms with Crippen molar-refractivity contribution in [2.75, 3.05) is 11.9 Å². The standard InChI is InChI=1S/C22H21BrN2O6S/c1-3-10-29-22(28)17-12(2)18(19(24)26)32-21(17)25-20(27)16-9-8-13(31-16)11-30-15-7-5-4-6-14(15)23/h4-9H,3,10-11H2,1-2H3,(H2,24,26)(H,25,27). The molecule has 0 aliphatic rings. The van der Waals surface area contributed by atoms with Crippen LogP contribution in [0.15, 0.2) is 45.3 Å². The number of carbonyl (C=O) groups excluding carboxylic acids is 3. The Labute approximate surface area is 196 Å².